The third-order valence-corrected chi connectivity index (χ3v) is 4.74. The Balaban J connectivity index is 1.44. The summed E-state index contributed by atoms with van der Waals surface area (Å²) in [7, 11) is 0. The predicted octanol–water partition coefficient (Wildman–Crippen LogP) is 3.54. The SMILES string of the molecule is N/C(=N/O)c1ccc(NC(=O)OCC2c3ccccc3-c3ccccc32)nc1. The Morgan fingerprint density at radius 1 is 1.07 bits per heavy atom. The molecule has 0 saturated carbocycles. The van der Waals surface area contributed by atoms with Gasteiger partial charge < -0.3 is 15.7 Å². The van der Waals surface area contributed by atoms with E-state index in [4.69, 9.17) is 15.7 Å². The minimum Gasteiger partial charge on any atom is -0.448 e. The van der Waals surface area contributed by atoms with Gasteiger partial charge in [-0.05, 0) is 34.4 Å². The number of nitrogens with zero attached hydrogens (tertiary/aromatic N) is 2. The van der Waals surface area contributed by atoms with E-state index in [2.05, 4.69) is 39.7 Å². The molecule has 1 aromatic heterocycles. The van der Waals surface area contributed by atoms with Crippen molar-refractivity contribution in [3.8, 4) is 11.1 Å². The van der Waals surface area contributed by atoms with Crippen molar-refractivity contribution in [3.05, 3.63) is 83.6 Å². The van der Waals surface area contributed by atoms with Crippen LogP contribution in [0.4, 0.5) is 10.6 Å². The minimum absolute atomic E-state index is 0.00551. The Labute approximate surface area is 161 Å². The van der Waals surface area contributed by atoms with Crippen LogP contribution in [0, 0.1) is 0 Å². The number of amidine groups is 1. The molecule has 0 radical (unpaired) electrons. The van der Waals surface area contributed by atoms with Gasteiger partial charge in [-0.2, -0.15) is 0 Å². The number of oxime groups is 1. The van der Waals surface area contributed by atoms with Crippen molar-refractivity contribution >= 4 is 17.7 Å². The molecule has 0 saturated heterocycles. The average molecular weight is 374 g/mol. The fourth-order valence-electron chi connectivity index (χ4n) is 3.42. The molecule has 140 valence electrons. The van der Waals surface area contributed by atoms with Crippen molar-refractivity contribution in [2.75, 3.05) is 11.9 Å². The number of pyridine rings is 1. The van der Waals surface area contributed by atoms with E-state index in [1.165, 1.54) is 17.3 Å². The van der Waals surface area contributed by atoms with E-state index in [9.17, 15) is 4.79 Å². The zero-order valence-electron chi connectivity index (χ0n) is 14.9. The number of rotatable bonds is 4. The quantitative estimate of drug-likeness (QED) is 0.280. The first kappa shape index (κ1) is 17.5. The molecule has 4 N–H and O–H groups in total. The van der Waals surface area contributed by atoms with E-state index in [0.29, 0.717) is 11.4 Å². The number of hydrogen-bond donors (Lipinski definition) is 3. The molecule has 0 unspecified atom stereocenters. The Bertz CT molecular complexity index is 1000. The maximum atomic E-state index is 12.2. The summed E-state index contributed by atoms with van der Waals surface area (Å²) in [5.74, 6) is 0.251. The summed E-state index contributed by atoms with van der Waals surface area (Å²) in [6.45, 7) is 0.224. The topological polar surface area (TPSA) is 110 Å². The first-order chi connectivity index (χ1) is 13.7. The van der Waals surface area contributed by atoms with Gasteiger partial charge in [0.1, 0.15) is 12.4 Å². The maximum Gasteiger partial charge on any atom is 0.412 e. The van der Waals surface area contributed by atoms with Gasteiger partial charge >= 0.3 is 6.09 Å². The normalized spacial score (nSPS) is 12.9. The fourth-order valence-corrected chi connectivity index (χ4v) is 3.42. The fraction of sp³-hybridized carbons (Fsp3) is 0.0952. The summed E-state index contributed by atoms with van der Waals surface area (Å²) in [5, 5.41) is 14.1. The largest absolute Gasteiger partial charge is 0.448 e. The molecule has 7 nitrogen and oxygen atoms in total. The lowest BCUT2D eigenvalue weighted by Gasteiger charge is -2.14. The lowest BCUT2D eigenvalue weighted by molar-refractivity contribution is 0.158. The third kappa shape index (κ3) is 3.25. The highest BCUT2D eigenvalue weighted by Gasteiger charge is 2.29. The molecule has 2 aromatic carbocycles. The Kier molecular flexibility index (Phi) is 4.63. The van der Waals surface area contributed by atoms with Gasteiger partial charge in [-0.1, -0.05) is 53.7 Å². The number of nitrogens with one attached hydrogen (secondary N) is 1. The number of ether oxygens (including phenoxy) is 1. The van der Waals surface area contributed by atoms with Crippen LogP contribution in [0.2, 0.25) is 0 Å². The number of amides is 1. The molecular weight excluding hydrogens is 356 g/mol. The molecule has 0 aliphatic heterocycles. The number of carbonyl (C=O) groups is 1. The summed E-state index contributed by atoms with van der Waals surface area (Å²) in [6.07, 6.45) is 0.805. The van der Waals surface area contributed by atoms with Crippen LogP contribution in [0.3, 0.4) is 0 Å². The number of fused-ring (bicyclic) bond motifs is 3. The van der Waals surface area contributed by atoms with E-state index in [-0.39, 0.29) is 18.4 Å². The van der Waals surface area contributed by atoms with Gasteiger partial charge in [-0.15, -0.1) is 0 Å². The lowest BCUT2D eigenvalue weighted by atomic mass is 9.98. The highest BCUT2D eigenvalue weighted by atomic mass is 16.5. The van der Waals surface area contributed by atoms with E-state index in [0.717, 1.165) is 11.1 Å². The molecule has 3 aromatic rings. The molecule has 28 heavy (non-hydrogen) atoms. The van der Waals surface area contributed by atoms with Crippen LogP contribution >= 0.6 is 0 Å². The summed E-state index contributed by atoms with van der Waals surface area (Å²) in [6, 6.07) is 19.4. The molecule has 1 aliphatic rings. The van der Waals surface area contributed by atoms with Gasteiger partial charge in [0.15, 0.2) is 5.84 Å². The average Bonchev–Trinajstić information content (AvgIpc) is 3.06. The van der Waals surface area contributed by atoms with Crippen molar-refractivity contribution in [2.24, 2.45) is 10.9 Å². The van der Waals surface area contributed by atoms with Crippen molar-refractivity contribution < 1.29 is 14.7 Å². The molecule has 4 rings (SSSR count). The zero-order valence-corrected chi connectivity index (χ0v) is 14.9. The zero-order chi connectivity index (χ0) is 19.5. The molecule has 1 amide bonds. The van der Waals surface area contributed by atoms with Crippen LogP contribution in [-0.2, 0) is 4.74 Å². The Morgan fingerprint density at radius 3 is 2.29 bits per heavy atom. The van der Waals surface area contributed by atoms with Gasteiger partial charge in [0.05, 0.1) is 0 Å². The molecule has 0 atom stereocenters. The molecule has 0 fully saturated rings. The van der Waals surface area contributed by atoms with Gasteiger partial charge in [-0.3, -0.25) is 5.32 Å². The summed E-state index contributed by atoms with van der Waals surface area (Å²) in [5.41, 5.74) is 10.6. The van der Waals surface area contributed by atoms with Crippen LogP contribution in [0.15, 0.2) is 72.0 Å². The Hall–Kier alpha value is -3.87. The van der Waals surface area contributed by atoms with E-state index < -0.39 is 6.09 Å². The highest BCUT2D eigenvalue weighted by Crippen LogP contribution is 2.44. The molecule has 1 heterocycles. The van der Waals surface area contributed by atoms with Crippen molar-refractivity contribution in [2.45, 2.75) is 5.92 Å². The molecule has 1 aliphatic carbocycles. The number of hydrogen-bond acceptors (Lipinski definition) is 5. The van der Waals surface area contributed by atoms with Crippen molar-refractivity contribution in [1.29, 1.82) is 0 Å². The monoisotopic (exact) mass is 374 g/mol. The second-order valence-corrected chi connectivity index (χ2v) is 6.37. The number of benzene rings is 2. The summed E-state index contributed by atoms with van der Waals surface area (Å²) in [4.78, 5) is 16.3. The third-order valence-electron chi connectivity index (χ3n) is 4.74. The van der Waals surface area contributed by atoms with Crippen LogP contribution in [0.25, 0.3) is 11.1 Å². The number of carbonyl (C=O) groups excluding carboxylic acids is 1. The first-order valence-electron chi connectivity index (χ1n) is 8.73. The van der Waals surface area contributed by atoms with Crippen molar-refractivity contribution in [3.63, 3.8) is 0 Å². The second-order valence-electron chi connectivity index (χ2n) is 6.37. The predicted molar refractivity (Wildman–Crippen MR) is 105 cm³/mol. The van der Waals surface area contributed by atoms with E-state index in [1.54, 1.807) is 12.1 Å². The molecular formula is C21H18N4O3. The summed E-state index contributed by atoms with van der Waals surface area (Å²) < 4.78 is 5.46. The molecule has 0 spiro atoms. The first-order valence-corrected chi connectivity index (χ1v) is 8.73. The lowest BCUT2D eigenvalue weighted by Crippen LogP contribution is -2.19. The summed E-state index contributed by atoms with van der Waals surface area (Å²) >= 11 is 0. The maximum absolute atomic E-state index is 12.2. The van der Waals surface area contributed by atoms with Crippen LogP contribution in [0.5, 0.6) is 0 Å². The van der Waals surface area contributed by atoms with Crippen LogP contribution in [-0.4, -0.2) is 28.7 Å². The Morgan fingerprint density at radius 2 is 1.71 bits per heavy atom. The standard InChI is InChI=1S/C21H18N4O3/c22-20(25-27)13-9-10-19(23-11-13)24-21(26)28-12-18-16-7-3-1-5-14(16)15-6-2-4-8-17(15)18/h1-11,18,27H,12H2,(H2,22,25)(H,23,24,26). The number of anilines is 1. The van der Waals surface area contributed by atoms with Gasteiger partial charge in [0, 0.05) is 17.7 Å². The van der Waals surface area contributed by atoms with Crippen molar-refractivity contribution in [1.82, 2.24) is 4.98 Å². The smallest absolute Gasteiger partial charge is 0.412 e. The van der Waals surface area contributed by atoms with Gasteiger partial charge in [0.25, 0.3) is 0 Å². The second kappa shape index (κ2) is 7.40. The van der Waals surface area contributed by atoms with Crippen LogP contribution in [0.1, 0.15) is 22.6 Å². The van der Waals surface area contributed by atoms with E-state index >= 15 is 0 Å². The van der Waals surface area contributed by atoms with Crippen LogP contribution < -0.4 is 11.1 Å². The minimum atomic E-state index is -0.592. The molecule has 0 bridgehead atoms. The van der Waals surface area contributed by atoms with Gasteiger partial charge in [0.2, 0.25) is 0 Å². The number of nitrogens with two attached hydrogens (primary N) is 1. The van der Waals surface area contributed by atoms with E-state index in [1.807, 2.05) is 24.3 Å². The number of aromatic nitrogens is 1. The molecule has 7 heteroatoms. The highest BCUT2D eigenvalue weighted by molar-refractivity contribution is 5.97. The van der Waals surface area contributed by atoms with Gasteiger partial charge in [-0.25, -0.2) is 9.78 Å².